The lowest BCUT2D eigenvalue weighted by atomic mass is 9.75. The van der Waals surface area contributed by atoms with Crippen molar-refractivity contribution in [2.24, 2.45) is 0 Å². The molecular formula is C27H32N2O4. The third-order valence-corrected chi connectivity index (χ3v) is 7.51. The second kappa shape index (κ2) is 9.08. The summed E-state index contributed by atoms with van der Waals surface area (Å²) in [6.45, 7) is 0.599. The number of benzene rings is 2. The molecule has 2 aromatic carbocycles. The Morgan fingerprint density at radius 2 is 1.67 bits per heavy atom. The molecule has 5 rings (SSSR count). The van der Waals surface area contributed by atoms with Gasteiger partial charge in [-0.25, -0.2) is 0 Å². The van der Waals surface area contributed by atoms with Gasteiger partial charge in [-0.1, -0.05) is 49.9 Å². The minimum Gasteiger partial charge on any atom is -0.493 e. The van der Waals surface area contributed by atoms with Crippen molar-refractivity contribution in [2.75, 3.05) is 20.8 Å². The molecule has 174 valence electrons. The van der Waals surface area contributed by atoms with E-state index in [9.17, 15) is 9.59 Å². The van der Waals surface area contributed by atoms with E-state index >= 15 is 0 Å². The third-order valence-electron chi connectivity index (χ3n) is 7.51. The molecule has 1 fully saturated rings. The van der Waals surface area contributed by atoms with Crippen molar-refractivity contribution in [3.63, 3.8) is 0 Å². The van der Waals surface area contributed by atoms with E-state index in [1.807, 2.05) is 23.1 Å². The Bertz CT molecular complexity index is 1060. The lowest BCUT2D eigenvalue weighted by molar-refractivity contribution is -0.125. The van der Waals surface area contributed by atoms with Crippen molar-refractivity contribution in [1.82, 2.24) is 10.2 Å². The quantitative estimate of drug-likeness (QED) is 0.705. The van der Waals surface area contributed by atoms with Gasteiger partial charge in [0, 0.05) is 18.2 Å². The molecule has 1 N–H and O–H groups in total. The maximum absolute atomic E-state index is 13.9. The Labute approximate surface area is 195 Å². The lowest BCUT2D eigenvalue weighted by Gasteiger charge is -2.45. The molecule has 6 heteroatoms. The lowest BCUT2D eigenvalue weighted by Crippen LogP contribution is -2.51. The molecule has 0 spiro atoms. The summed E-state index contributed by atoms with van der Waals surface area (Å²) in [6.07, 6.45) is 7.57. The molecule has 1 saturated carbocycles. The van der Waals surface area contributed by atoms with Crippen molar-refractivity contribution >= 4 is 11.8 Å². The number of carbonyl (C=O) groups excluding carboxylic acids is 2. The second-order valence-electron chi connectivity index (χ2n) is 9.36. The van der Waals surface area contributed by atoms with Gasteiger partial charge in [0.2, 0.25) is 5.91 Å². The number of nitrogens with one attached hydrogen (secondary N) is 1. The predicted octanol–water partition coefficient (Wildman–Crippen LogP) is 4.38. The maximum atomic E-state index is 13.9. The Morgan fingerprint density at radius 1 is 0.970 bits per heavy atom. The van der Waals surface area contributed by atoms with Crippen molar-refractivity contribution in [3.8, 4) is 11.5 Å². The summed E-state index contributed by atoms with van der Waals surface area (Å²) in [5, 5.41) is 3.37. The van der Waals surface area contributed by atoms with Gasteiger partial charge in [-0.3, -0.25) is 9.59 Å². The molecule has 2 amide bonds. The Morgan fingerprint density at radius 3 is 2.39 bits per heavy atom. The van der Waals surface area contributed by atoms with Crippen LogP contribution in [0.2, 0.25) is 0 Å². The Hall–Kier alpha value is -3.02. The van der Waals surface area contributed by atoms with Gasteiger partial charge in [0.15, 0.2) is 11.5 Å². The summed E-state index contributed by atoms with van der Waals surface area (Å²) >= 11 is 0. The second-order valence-corrected chi connectivity index (χ2v) is 9.36. The fourth-order valence-electron chi connectivity index (χ4n) is 5.85. The first-order valence-electron chi connectivity index (χ1n) is 12.1. The summed E-state index contributed by atoms with van der Waals surface area (Å²) < 4.78 is 11.0. The largest absolute Gasteiger partial charge is 0.493 e. The highest BCUT2D eigenvalue weighted by molar-refractivity contribution is 6.02. The zero-order valence-corrected chi connectivity index (χ0v) is 19.4. The number of methoxy groups -OCH3 is 2. The number of ether oxygens (including phenoxy) is 2. The Kier molecular flexibility index (Phi) is 6.00. The highest BCUT2D eigenvalue weighted by Gasteiger charge is 2.47. The van der Waals surface area contributed by atoms with E-state index in [1.54, 1.807) is 20.3 Å². The number of carbonyl (C=O) groups is 2. The minimum atomic E-state index is -0.498. The first kappa shape index (κ1) is 21.8. The fourth-order valence-corrected chi connectivity index (χ4v) is 5.85. The summed E-state index contributed by atoms with van der Waals surface area (Å²) in [5.74, 6) is 0.484. The standard InChI is InChI=1S/C27H32N2O4/c1-32-22-15-20-21(16-23(22)33-2)27(31)29-14-13-17-9-7-8-12-19(17)25(29)24(20)26(30)28-18-10-5-3-4-6-11-18/h7-9,12,15-16,18,24-25H,3-6,10-11,13-14H2,1-2H3,(H,28,30)/t24-,25+/m0/s1. The van der Waals surface area contributed by atoms with Crippen molar-refractivity contribution in [3.05, 3.63) is 58.7 Å². The monoisotopic (exact) mass is 448 g/mol. The van der Waals surface area contributed by atoms with Crippen molar-refractivity contribution in [1.29, 1.82) is 0 Å². The van der Waals surface area contributed by atoms with E-state index in [0.29, 0.717) is 23.6 Å². The highest BCUT2D eigenvalue weighted by Crippen LogP contribution is 2.48. The third kappa shape index (κ3) is 3.85. The SMILES string of the molecule is COc1cc2c(cc1OC)[C@H](C(=O)NC1CCCCCC1)[C@H]1c3ccccc3CCN1C2=O. The summed E-state index contributed by atoms with van der Waals surface area (Å²) in [5.41, 5.74) is 3.53. The molecule has 2 atom stereocenters. The van der Waals surface area contributed by atoms with Crippen LogP contribution in [0.25, 0.3) is 0 Å². The van der Waals surface area contributed by atoms with E-state index in [0.717, 1.165) is 43.2 Å². The minimum absolute atomic E-state index is 0.00503. The van der Waals surface area contributed by atoms with E-state index in [4.69, 9.17) is 9.47 Å². The Balaban J connectivity index is 1.62. The molecule has 0 saturated heterocycles. The van der Waals surface area contributed by atoms with Gasteiger partial charge in [0.05, 0.1) is 26.2 Å². The molecular weight excluding hydrogens is 416 g/mol. The van der Waals surface area contributed by atoms with E-state index < -0.39 is 5.92 Å². The fraction of sp³-hybridized carbons (Fsp3) is 0.481. The predicted molar refractivity (Wildman–Crippen MR) is 126 cm³/mol. The molecule has 2 aliphatic heterocycles. The topological polar surface area (TPSA) is 67.9 Å². The van der Waals surface area contributed by atoms with Crippen LogP contribution >= 0.6 is 0 Å². The zero-order chi connectivity index (χ0) is 22.9. The van der Waals surface area contributed by atoms with Crippen LogP contribution in [0.4, 0.5) is 0 Å². The van der Waals surface area contributed by atoms with Crippen LogP contribution < -0.4 is 14.8 Å². The molecule has 0 bridgehead atoms. The van der Waals surface area contributed by atoms with Gasteiger partial charge in [0.1, 0.15) is 0 Å². The zero-order valence-electron chi connectivity index (χ0n) is 19.4. The normalized spacial score (nSPS) is 22.5. The molecule has 6 nitrogen and oxygen atoms in total. The number of hydrogen-bond donors (Lipinski definition) is 1. The smallest absolute Gasteiger partial charge is 0.254 e. The van der Waals surface area contributed by atoms with Crippen LogP contribution in [-0.4, -0.2) is 43.5 Å². The van der Waals surface area contributed by atoms with Gasteiger partial charge in [-0.2, -0.15) is 0 Å². The van der Waals surface area contributed by atoms with E-state index in [1.165, 1.54) is 18.4 Å². The molecule has 2 heterocycles. The number of hydrogen-bond acceptors (Lipinski definition) is 4. The average Bonchev–Trinajstić information content (AvgIpc) is 3.12. The van der Waals surface area contributed by atoms with Crippen LogP contribution in [0.5, 0.6) is 11.5 Å². The first-order valence-corrected chi connectivity index (χ1v) is 12.1. The van der Waals surface area contributed by atoms with Crippen LogP contribution in [0.3, 0.4) is 0 Å². The van der Waals surface area contributed by atoms with Gasteiger partial charge in [0.25, 0.3) is 5.91 Å². The summed E-state index contributed by atoms with van der Waals surface area (Å²) in [7, 11) is 3.14. The first-order chi connectivity index (χ1) is 16.1. The van der Waals surface area contributed by atoms with Crippen molar-refractivity contribution in [2.45, 2.75) is 62.9 Å². The van der Waals surface area contributed by atoms with Crippen molar-refractivity contribution < 1.29 is 19.1 Å². The molecule has 2 aromatic rings. The molecule has 3 aliphatic rings. The number of rotatable bonds is 4. The number of nitrogens with zero attached hydrogens (tertiary/aromatic N) is 1. The summed E-state index contributed by atoms with van der Waals surface area (Å²) in [4.78, 5) is 29.5. The molecule has 1 aliphatic carbocycles. The van der Waals surface area contributed by atoms with Gasteiger partial charge in [-0.15, -0.1) is 0 Å². The molecule has 0 aromatic heterocycles. The maximum Gasteiger partial charge on any atom is 0.254 e. The molecule has 0 radical (unpaired) electrons. The highest BCUT2D eigenvalue weighted by atomic mass is 16.5. The summed E-state index contributed by atoms with van der Waals surface area (Å²) in [6, 6.07) is 11.6. The van der Waals surface area contributed by atoms with Gasteiger partial charge in [-0.05, 0) is 48.1 Å². The van der Waals surface area contributed by atoms with E-state index in [2.05, 4.69) is 17.4 Å². The molecule has 0 unspecified atom stereocenters. The van der Waals surface area contributed by atoms with Crippen LogP contribution in [0.15, 0.2) is 36.4 Å². The van der Waals surface area contributed by atoms with Gasteiger partial charge >= 0.3 is 0 Å². The molecule has 33 heavy (non-hydrogen) atoms. The van der Waals surface area contributed by atoms with Crippen LogP contribution in [-0.2, 0) is 11.2 Å². The van der Waals surface area contributed by atoms with E-state index in [-0.39, 0.29) is 23.9 Å². The van der Waals surface area contributed by atoms with Crippen LogP contribution in [0.1, 0.15) is 77.5 Å². The average molecular weight is 449 g/mol. The van der Waals surface area contributed by atoms with Crippen LogP contribution in [0, 0.1) is 0 Å². The van der Waals surface area contributed by atoms with Gasteiger partial charge < -0.3 is 19.7 Å². The number of amides is 2. The number of fused-ring (bicyclic) bond motifs is 4.